The summed E-state index contributed by atoms with van der Waals surface area (Å²) in [5, 5.41) is 9.17. The highest BCUT2D eigenvalue weighted by molar-refractivity contribution is 7.89. The lowest BCUT2D eigenvalue weighted by atomic mass is 10.0. The summed E-state index contributed by atoms with van der Waals surface area (Å²) in [5.41, 5.74) is 3.65. The van der Waals surface area contributed by atoms with Crippen LogP contribution in [0.1, 0.15) is 17.5 Å². The summed E-state index contributed by atoms with van der Waals surface area (Å²) in [4.78, 5) is 21.9. The molecule has 0 unspecified atom stereocenters. The molecule has 4 rings (SSSR count). The van der Waals surface area contributed by atoms with E-state index in [9.17, 15) is 13.2 Å². The highest BCUT2D eigenvalue weighted by atomic mass is 32.2. The number of H-pyrrole nitrogens is 1. The molecule has 2 aromatic heterocycles. The van der Waals surface area contributed by atoms with Gasteiger partial charge in [-0.1, -0.05) is 6.07 Å². The zero-order valence-corrected chi connectivity index (χ0v) is 16.7. The molecular formula is C20H23N5O3S. The van der Waals surface area contributed by atoms with Crippen LogP contribution in [0.25, 0.3) is 11.0 Å². The Labute approximate surface area is 169 Å². The van der Waals surface area contributed by atoms with Crippen molar-refractivity contribution >= 4 is 32.7 Å². The van der Waals surface area contributed by atoms with E-state index in [-0.39, 0.29) is 17.2 Å². The van der Waals surface area contributed by atoms with Crippen LogP contribution < -0.4 is 15.4 Å². The van der Waals surface area contributed by atoms with Crippen molar-refractivity contribution in [3.63, 3.8) is 0 Å². The van der Waals surface area contributed by atoms with E-state index in [1.807, 2.05) is 24.4 Å². The molecule has 0 radical (unpaired) electrons. The van der Waals surface area contributed by atoms with Gasteiger partial charge in [-0.25, -0.2) is 18.5 Å². The smallest absolute Gasteiger partial charge is 0.238 e. The number of rotatable bonds is 6. The van der Waals surface area contributed by atoms with Crippen LogP contribution in [0.5, 0.6) is 0 Å². The molecule has 1 amide bonds. The summed E-state index contributed by atoms with van der Waals surface area (Å²) in [6.07, 6.45) is 5.68. The van der Waals surface area contributed by atoms with Gasteiger partial charge in [0, 0.05) is 43.1 Å². The number of carbonyl (C=O) groups excluding carboxylic acids is 1. The highest BCUT2D eigenvalue weighted by Gasteiger charge is 2.20. The number of carbonyl (C=O) groups is 1. The van der Waals surface area contributed by atoms with Gasteiger partial charge in [-0.2, -0.15) is 0 Å². The first-order chi connectivity index (χ1) is 13.9. The number of benzene rings is 1. The molecule has 3 aromatic rings. The van der Waals surface area contributed by atoms with Crippen LogP contribution in [-0.4, -0.2) is 43.9 Å². The van der Waals surface area contributed by atoms with Crippen molar-refractivity contribution < 1.29 is 13.2 Å². The van der Waals surface area contributed by atoms with Crippen LogP contribution in [0.15, 0.2) is 47.6 Å². The van der Waals surface area contributed by atoms with E-state index in [1.54, 1.807) is 18.3 Å². The number of nitrogens with one attached hydrogen (secondary N) is 2. The van der Waals surface area contributed by atoms with Crippen molar-refractivity contribution in [1.82, 2.24) is 15.3 Å². The molecule has 4 N–H and O–H groups in total. The second-order valence-electron chi connectivity index (χ2n) is 7.17. The summed E-state index contributed by atoms with van der Waals surface area (Å²) >= 11 is 0. The number of nitrogens with zero attached hydrogens (tertiary/aromatic N) is 2. The Hall–Kier alpha value is -2.91. The molecule has 152 valence electrons. The largest absolute Gasteiger partial charge is 0.369 e. The normalized spacial score (nSPS) is 14.0. The van der Waals surface area contributed by atoms with Gasteiger partial charge in [0.1, 0.15) is 5.65 Å². The maximum absolute atomic E-state index is 12.4. The lowest BCUT2D eigenvalue weighted by Gasteiger charge is -2.31. The van der Waals surface area contributed by atoms with E-state index in [4.69, 9.17) is 5.14 Å². The standard InChI is InChI=1S/C20H23N5O3S/c21-29(27,28)16-6-5-14-3-2-9-25(18(14)12-16)10-8-22-19(26)11-15-13-24-20-17(15)4-1-7-23-20/h1,4-7,12-13H,2-3,8-11H2,(H,22,26)(H,23,24)(H2,21,27,28). The average molecular weight is 414 g/mol. The predicted octanol–water partition coefficient (Wildman–Crippen LogP) is 1.32. The molecule has 0 saturated heterocycles. The summed E-state index contributed by atoms with van der Waals surface area (Å²) in [6.45, 7) is 1.88. The fourth-order valence-electron chi connectivity index (χ4n) is 3.76. The van der Waals surface area contributed by atoms with Gasteiger partial charge in [0.2, 0.25) is 15.9 Å². The van der Waals surface area contributed by atoms with Gasteiger partial charge in [0.25, 0.3) is 0 Å². The molecule has 1 aromatic carbocycles. The average Bonchev–Trinajstić information content (AvgIpc) is 3.10. The number of anilines is 1. The molecular weight excluding hydrogens is 390 g/mol. The quantitative estimate of drug-likeness (QED) is 0.563. The number of nitrogens with two attached hydrogens (primary N) is 1. The first kappa shape index (κ1) is 19.4. The van der Waals surface area contributed by atoms with Crippen molar-refractivity contribution in [2.24, 2.45) is 5.14 Å². The SMILES string of the molecule is NS(=O)(=O)c1ccc2c(c1)N(CCNC(=O)Cc1c[nH]c3ncccc13)CCC2. The van der Waals surface area contributed by atoms with E-state index < -0.39 is 10.0 Å². The molecule has 1 aliphatic rings. The molecule has 9 heteroatoms. The number of aryl methyl sites for hydroxylation is 1. The molecule has 0 spiro atoms. The Bertz CT molecular complexity index is 1160. The van der Waals surface area contributed by atoms with Crippen LogP contribution in [0.2, 0.25) is 0 Å². The maximum atomic E-state index is 12.4. The number of pyridine rings is 1. The van der Waals surface area contributed by atoms with E-state index in [0.29, 0.717) is 13.1 Å². The first-order valence-electron chi connectivity index (χ1n) is 9.50. The van der Waals surface area contributed by atoms with Crippen molar-refractivity contribution in [1.29, 1.82) is 0 Å². The number of aromatic nitrogens is 2. The molecule has 0 fully saturated rings. The third-order valence-electron chi connectivity index (χ3n) is 5.19. The van der Waals surface area contributed by atoms with E-state index >= 15 is 0 Å². The number of fused-ring (bicyclic) bond motifs is 2. The predicted molar refractivity (Wildman–Crippen MR) is 111 cm³/mol. The third kappa shape index (κ3) is 4.25. The van der Waals surface area contributed by atoms with E-state index in [0.717, 1.165) is 47.2 Å². The number of primary sulfonamides is 1. The van der Waals surface area contributed by atoms with Crippen molar-refractivity contribution in [2.45, 2.75) is 24.2 Å². The summed E-state index contributed by atoms with van der Waals surface area (Å²) in [7, 11) is -3.75. The van der Waals surface area contributed by atoms with Crippen LogP contribution in [-0.2, 0) is 27.7 Å². The second-order valence-corrected chi connectivity index (χ2v) is 8.73. The van der Waals surface area contributed by atoms with Crippen LogP contribution in [0.4, 0.5) is 5.69 Å². The van der Waals surface area contributed by atoms with Crippen molar-refractivity contribution in [3.8, 4) is 0 Å². The lowest BCUT2D eigenvalue weighted by Crippen LogP contribution is -2.38. The Morgan fingerprint density at radius 2 is 2.17 bits per heavy atom. The van der Waals surface area contributed by atoms with Gasteiger partial charge in [0.15, 0.2) is 0 Å². The Morgan fingerprint density at radius 3 is 3.00 bits per heavy atom. The molecule has 1 aliphatic heterocycles. The van der Waals surface area contributed by atoms with Gasteiger partial charge in [0.05, 0.1) is 11.3 Å². The summed E-state index contributed by atoms with van der Waals surface area (Å²) < 4.78 is 23.3. The first-order valence-corrected chi connectivity index (χ1v) is 11.0. The van der Waals surface area contributed by atoms with Gasteiger partial charge < -0.3 is 15.2 Å². The summed E-state index contributed by atoms with van der Waals surface area (Å²) in [5.74, 6) is -0.0646. The van der Waals surface area contributed by atoms with Gasteiger partial charge in [-0.15, -0.1) is 0 Å². The maximum Gasteiger partial charge on any atom is 0.238 e. The molecule has 0 saturated carbocycles. The molecule has 0 atom stereocenters. The van der Waals surface area contributed by atoms with E-state index in [2.05, 4.69) is 20.2 Å². The molecule has 0 bridgehead atoms. The number of hydrogen-bond acceptors (Lipinski definition) is 5. The Kier molecular flexibility index (Phi) is 5.25. The number of hydrogen-bond donors (Lipinski definition) is 3. The van der Waals surface area contributed by atoms with Crippen LogP contribution in [0.3, 0.4) is 0 Å². The zero-order valence-electron chi connectivity index (χ0n) is 15.9. The van der Waals surface area contributed by atoms with Crippen molar-refractivity contribution in [2.75, 3.05) is 24.5 Å². The monoisotopic (exact) mass is 413 g/mol. The Morgan fingerprint density at radius 1 is 1.31 bits per heavy atom. The Balaban J connectivity index is 1.38. The minimum atomic E-state index is -3.75. The minimum Gasteiger partial charge on any atom is -0.369 e. The van der Waals surface area contributed by atoms with Gasteiger partial charge >= 0.3 is 0 Å². The third-order valence-corrected chi connectivity index (χ3v) is 6.10. The highest BCUT2D eigenvalue weighted by Crippen LogP contribution is 2.29. The minimum absolute atomic E-state index is 0.0646. The van der Waals surface area contributed by atoms with Crippen LogP contribution >= 0.6 is 0 Å². The summed E-state index contributed by atoms with van der Waals surface area (Å²) in [6, 6.07) is 8.79. The number of aromatic amines is 1. The van der Waals surface area contributed by atoms with Crippen molar-refractivity contribution in [3.05, 3.63) is 53.9 Å². The fraction of sp³-hybridized carbons (Fsp3) is 0.300. The van der Waals surface area contributed by atoms with Gasteiger partial charge in [-0.05, 0) is 48.2 Å². The lowest BCUT2D eigenvalue weighted by molar-refractivity contribution is -0.120. The fourth-order valence-corrected chi connectivity index (χ4v) is 4.30. The van der Waals surface area contributed by atoms with Crippen LogP contribution in [0, 0.1) is 0 Å². The molecule has 29 heavy (non-hydrogen) atoms. The topological polar surface area (TPSA) is 121 Å². The molecule has 0 aliphatic carbocycles. The number of sulfonamides is 1. The van der Waals surface area contributed by atoms with E-state index in [1.165, 1.54) is 0 Å². The number of amides is 1. The molecule has 8 nitrogen and oxygen atoms in total. The van der Waals surface area contributed by atoms with Gasteiger partial charge in [-0.3, -0.25) is 4.79 Å². The zero-order chi connectivity index (χ0) is 20.4. The molecule has 3 heterocycles. The second kappa shape index (κ2) is 7.84.